The number of halogens is 1. The van der Waals surface area contributed by atoms with Crippen LogP contribution in [0.1, 0.15) is 46.0 Å². The van der Waals surface area contributed by atoms with Crippen molar-refractivity contribution in [1.29, 1.82) is 0 Å². The first-order valence-corrected chi connectivity index (χ1v) is 5.16. The third-order valence-corrected chi connectivity index (χ3v) is 2.08. The lowest BCUT2D eigenvalue weighted by molar-refractivity contribution is 0.637. The van der Waals surface area contributed by atoms with E-state index in [4.69, 9.17) is 0 Å². The van der Waals surface area contributed by atoms with E-state index < -0.39 is 0 Å². The van der Waals surface area contributed by atoms with E-state index in [9.17, 15) is 0 Å². The highest BCUT2D eigenvalue weighted by Crippen LogP contribution is 2.10. The van der Waals surface area contributed by atoms with E-state index in [2.05, 4.69) is 36.4 Å². The van der Waals surface area contributed by atoms with Crippen LogP contribution in [0.3, 0.4) is 0 Å². The van der Waals surface area contributed by atoms with Crippen LogP contribution >= 0.6 is 22.6 Å². The minimum Gasteiger partial charge on any atom is -0.0829 e. The molecule has 0 aromatic carbocycles. The summed E-state index contributed by atoms with van der Waals surface area (Å²) in [5, 5.41) is 0. The molecule has 0 saturated carbocycles. The highest BCUT2D eigenvalue weighted by Gasteiger charge is 1.93. The number of rotatable bonds is 5. The summed E-state index contributed by atoms with van der Waals surface area (Å²) in [6.45, 7) is 4.54. The Labute approximate surface area is 72.6 Å². The van der Waals surface area contributed by atoms with Crippen molar-refractivity contribution in [3.05, 3.63) is 0 Å². The highest BCUT2D eigenvalue weighted by atomic mass is 127. The van der Waals surface area contributed by atoms with Crippen molar-refractivity contribution in [2.45, 2.75) is 49.9 Å². The van der Waals surface area contributed by atoms with Gasteiger partial charge in [-0.25, -0.2) is 0 Å². The molecule has 0 aliphatic heterocycles. The van der Waals surface area contributed by atoms with Crippen molar-refractivity contribution in [1.82, 2.24) is 0 Å². The molecule has 0 amide bonds. The van der Waals surface area contributed by atoms with Gasteiger partial charge >= 0.3 is 0 Å². The van der Waals surface area contributed by atoms with Crippen molar-refractivity contribution >= 4 is 22.6 Å². The Kier molecular flexibility index (Phi) is 7.40. The Morgan fingerprint density at radius 1 is 1.22 bits per heavy atom. The van der Waals surface area contributed by atoms with Gasteiger partial charge in [0.2, 0.25) is 0 Å². The second kappa shape index (κ2) is 6.84. The largest absolute Gasteiger partial charge is 0.0829 e. The van der Waals surface area contributed by atoms with Crippen molar-refractivity contribution in [2.75, 3.05) is 0 Å². The second-order valence-electron chi connectivity index (χ2n) is 2.63. The van der Waals surface area contributed by atoms with Crippen LogP contribution in [0.25, 0.3) is 0 Å². The maximum absolute atomic E-state index is 2.49. The predicted octanol–water partition coefficient (Wildman–Crippen LogP) is 3.78. The quantitative estimate of drug-likeness (QED) is 0.389. The van der Waals surface area contributed by atoms with Crippen LogP contribution in [-0.2, 0) is 0 Å². The lowest BCUT2D eigenvalue weighted by Crippen LogP contribution is -1.88. The van der Waals surface area contributed by atoms with Gasteiger partial charge in [0.15, 0.2) is 0 Å². The average Bonchev–Trinajstić information content (AvgIpc) is 1.80. The first-order valence-electron chi connectivity index (χ1n) is 3.91. The molecule has 0 nitrogen and oxygen atoms in total. The van der Waals surface area contributed by atoms with Gasteiger partial charge in [0, 0.05) is 3.92 Å². The maximum atomic E-state index is 2.49. The summed E-state index contributed by atoms with van der Waals surface area (Å²) in [5.41, 5.74) is 0. The van der Waals surface area contributed by atoms with E-state index in [0.717, 1.165) is 3.92 Å². The van der Waals surface area contributed by atoms with Crippen molar-refractivity contribution in [3.63, 3.8) is 0 Å². The molecule has 0 aliphatic rings. The van der Waals surface area contributed by atoms with Gasteiger partial charge in [-0.2, -0.15) is 0 Å². The molecule has 0 aromatic rings. The lowest BCUT2D eigenvalue weighted by atomic mass is 10.1. The number of unbranched alkanes of at least 4 members (excludes halogenated alkanes) is 3. The minimum absolute atomic E-state index is 0.874. The van der Waals surface area contributed by atoms with Crippen molar-refractivity contribution in [3.8, 4) is 0 Å². The summed E-state index contributed by atoms with van der Waals surface area (Å²) >= 11 is 2.49. The Morgan fingerprint density at radius 3 is 2.33 bits per heavy atom. The van der Waals surface area contributed by atoms with Gasteiger partial charge in [-0.1, -0.05) is 62.1 Å². The molecule has 0 bridgehead atoms. The SMILES string of the molecule is CCCCCCC(C)I. The summed E-state index contributed by atoms with van der Waals surface area (Å²) in [7, 11) is 0. The fraction of sp³-hybridized carbons (Fsp3) is 1.00. The standard InChI is InChI=1S/C8H17I/c1-3-4-5-6-7-8(2)9/h8H,3-7H2,1-2H3. The Morgan fingerprint density at radius 2 is 1.89 bits per heavy atom. The molecule has 1 unspecified atom stereocenters. The summed E-state index contributed by atoms with van der Waals surface area (Å²) in [5.74, 6) is 0. The minimum atomic E-state index is 0.874. The molecule has 0 saturated heterocycles. The van der Waals surface area contributed by atoms with Crippen LogP contribution in [0.5, 0.6) is 0 Å². The van der Waals surface area contributed by atoms with Crippen molar-refractivity contribution < 1.29 is 0 Å². The van der Waals surface area contributed by atoms with Crippen LogP contribution < -0.4 is 0 Å². The molecule has 0 rings (SSSR count). The molecule has 1 heteroatoms. The van der Waals surface area contributed by atoms with E-state index in [1.807, 2.05) is 0 Å². The first-order chi connectivity index (χ1) is 4.27. The summed E-state index contributed by atoms with van der Waals surface area (Å²) in [4.78, 5) is 0. The fourth-order valence-corrected chi connectivity index (χ4v) is 1.29. The molecule has 0 radical (unpaired) electrons. The summed E-state index contributed by atoms with van der Waals surface area (Å²) in [6.07, 6.45) is 7.04. The van der Waals surface area contributed by atoms with Crippen LogP contribution in [0.4, 0.5) is 0 Å². The lowest BCUT2D eigenvalue weighted by Gasteiger charge is -2.00. The molecular formula is C8H17I. The van der Waals surface area contributed by atoms with Gasteiger partial charge < -0.3 is 0 Å². The molecule has 9 heavy (non-hydrogen) atoms. The zero-order chi connectivity index (χ0) is 7.11. The first kappa shape index (κ1) is 9.73. The number of alkyl halides is 1. The molecule has 0 spiro atoms. The monoisotopic (exact) mass is 240 g/mol. The predicted molar refractivity (Wildman–Crippen MR) is 52.2 cm³/mol. The third-order valence-electron chi connectivity index (χ3n) is 1.46. The zero-order valence-corrected chi connectivity index (χ0v) is 8.65. The van der Waals surface area contributed by atoms with Gasteiger partial charge in [0.1, 0.15) is 0 Å². The Hall–Kier alpha value is 0.730. The zero-order valence-electron chi connectivity index (χ0n) is 6.49. The summed E-state index contributed by atoms with van der Waals surface area (Å²) < 4.78 is 0.874. The second-order valence-corrected chi connectivity index (χ2v) is 4.76. The third kappa shape index (κ3) is 8.73. The van der Waals surface area contributed by atoms with E-state index in [-0.39, 0.29) is 0 Å². The Bertz CT molecular complexity index is 50.5. The van der Waals surface area contributed by atoms with E-state index in [0.29, 0.717) is 0 Å². The topological polar surface area (TPSA) is 0 Å². The molecule has 1 atom stereocenters. The van der Waals surface area contributed by atoms with Crippen LogP contribution in [0.2, 0.25) is 0 Å². The van der Waals surface area contributed by atoms with Gasteiger partial charge in [0.25, 0.3) is 0 Å². The average molecular weight is 240 g/mol. The van der Waals surface area contributed by atoms with E-state index >= 15 is 0 Å². The number of hydrogen-bond acceptors (Lipinski definition) is 0. The van der Waals surface area contributed by atoms with Crippen molar-refractivity contribution in [2.24, 2.45) is 0 Å². The molecule has 0 aliphatic carbocycles. The molecule has 0 fully saturated rings. The van der Waals surface area contributed by atoms with Crippen LogP contribution in [0.15, 0.2) is 0 Å². The molecular weight excluding hydrogens is 223 g/mol. The highest BCUT2D eigenvalue weighted by molar-refractivity contribution is 14.1. The molecule has 0 aromatic heterocycles. The summed E-state index contributed by atoms with van der Waals surface area (Å²) in [6, 6.07) is 0. The van der Waals surface area contributed by atoms with Gasteiger partial charge in [-0.3, -0.25) is 0 Å². The maximum Gasteiger partial charge on any atom is 0.00813 e. The van der Waals surface area contributed by atoms with Gasteiger partial charge in [-0.05, 0) is 6.42 Å². The molecule has 0 heterocycles. The fourth-order valence-electron chi connectivity index (χ4n) is 0.852. The number of hydrogen-bond donors (Lipinski definition) is 0. The van der Waals surface area contributed by atoms with Gasteiger partial charge in [0.05, 0.1) is 0 Å². The smallest absolute Gasteiger partial charge is 0.00813 e. The van der Waals surface area contributed by atoms with E-state index in [1.54, 1.807) is 0 Å². The van der Waals surface area contributed by atoms with Crippen LogP contribution in [0, 0.1) is 0 Å². The molecule has 0 N–H and O–H groups in total. The van der Waals surface area contributed by atoms with Gasteiger partial charge in [-0.15, -0.1) is 0 Å². The molecule has 56 valence electrons. The van der Waals surface area contributed by atoms with Crippen LogP contribution in [-0.4, -0.2) is 3.92 Å². The Balaban J connectivity index is 2.75. The normalized spacial score (nSPS) is 13.7. The van der Waals surface area contributed by atoms with E-state index in [1.165, 1.54) is 32.1 Å².